The summed E-state index contributed by atoms with van der Waals surface area (Å²) in [6.07, 6.45) is 2.37. The Bertz CT molecular complexity index is 778. The summed E-state index contributed by atoms with van der Waals surface area (Å²) in [5.74, 6) is 1.49. The molecule has 3 heterocycles. The summed E-state index contributed by atoms with van der Waals surface area (Å²) < 4.78 is 1.93. The third kappa shape index (κ3) is 2.25. The van der Waals surface area contributed by atoms with Gasteiger partial charge in [-0.15, -0.1) is 0 Å². The van der Waals surface area contributed by atoms with Crippen LogP contribution < -0.4 is 5.32 Å². The van der Waals surface area contributed by atoms with E-state index in [0.717, 1.165) is 42.2 Å². The molecule has 0 saturated carbocycles. The minimum atomic E-state index is 0.603. The summed E-state index contributed by atoms with van der Waals surface area (Å²) in [6, 6.07) is 6.40. The van der Waals surface area contributed by atoms with E-state index in [1.807, 2.05) is 18.7 Å². The van der Waals surface area contributed by atoms with Gasteiger partial charge in [-0.3, -0.25) is 9.67 Å². The Labute approximate surface area is 130 Å². The summed E-state index contributed by atoms with van der Waals surface area (Å²) in [7, 11) is 1.98. The van der Waals surface area contributed by atoms with Gasteiger partial charge in [-0.2, -0.15) is 5.10 Å². The van der Waals surface area contributed by atoms with Crippen molar-refractivity contribution < 1.29 is 0 Å². The lowest BCUT2D eigenvalue weighted by atomic mass is 9.93. The molecular formula is C17H21N5. The van der Waals surface area contributed by atoms with Crippen LogP contribution in [0.5, 0.6) is 0 Å². The third-order valence-electron chi connectivity index (χ3n) is 4.74. The molecule has 0 spiro atoms. The Morgan fingerprint density at radius 3 is 2.86 bits per heavy atom. The standard InChI is InChI=1S/C17H21N5/c1-11-14-9-13(3-4-16(14)22(2)21-11)17-19-10-15(20-17)12-5-7-18-8-6-12/h3-4,9,12,18H,5-8,10H2,1-2H3. The van der Waals surface area contributed by atoms with Gasteiger partial charge >= 0.3 is 0 Å². The number of fused-ring (bicyclic) bond motifs is 1. The fraction of sp³-hybridized carbons (Fsp3) is 0.471. The maximum absolute atomic E-state index is 4.84. The predicted molar refractivity (Wildman–Crippen MR) is 89.9 cm³/mol. The lowest BCUT2D eigenvalue weighted by Crippen LogP contribution is -2.32. The van der Waals surface area contributed by atoms with Gasteiger partial charge in [-0.1, -0.05) is 0 Å². The van der Waals surface area contributed by atoms with E-state index in [-0.39, 0.29) is 0 Å². The van der Waals surface area contributed by atoms with Crippen molar-refractivity contribution in [3.05, 3.63) is 29.5 Å². The first-order valence-electron chi connectivity index (χ1n) is 7.99. The molecule has 0 atom stereocenters. The van der Waals surface area contributed by atoms with Gasteiger partial charge in [0.1, 0.15) is 0 Å². The van der Waals surface area contributed by atoms with Crippen molar-refractivity contribution in [1.29, 1.82) is 0 Å². The van der Waals surface area contributed by atoms with Crippen molar-refractivity contribution >= 4 is 22.5 Å². The molecule has 2 aliphatic rings. The van der Waals surface area contributed by atoms with Gasteiger partial charge in [0.25, 0.3) is 0 Å². The SMILES string of the molecule is Cc1nn(C)c2ccc(C3=NCC(C4CCNCC4)=N3)cc12. The van der Waals surface area contributed by atoms with E-state index in [1.54, 1.807) is 0 Å². The van der Waals surface area contributed by atoms with E-state index in [0.29, 0.717) is 5.92 Å². The second kappa shape index (κ2) is 5.32. The maximum atomic E-state index is 4.84. The average Bonchev–Trinajstić information content (AvgIpc) is 3.14. The summed E-state index contributed by atoms with van der Waals surface area (Å²) in [5, 5.41) is 9.08. The Balaban J connectivity index is 1.64. The van der Waals surface area contributed by atoms with Crippen LogP contribution in [0.2, 0.25) is 0 Å². The van der Waals surface area contributed by atoms with Gasteiger partial charge in [0, 0.05) is 29.6 Å². The van der Waals surface area contributed by atoms with Gasteiger partial charge in [0.05, 0.1) is 17.8 Å². The van der Waals surface area contributed by atoms with Crippen molar-refractivity contribution in [2.24, 2.45) is 23.0 Å². The molecule has 2 aliphatic heterocycles. The number of rotatable bonds is 2. The second-order valence-corrected chi connectivity index (χ2v) is 6.21. The molecule has 1 aromatic heterocycles. The molecule has 0 unspecified atom stereocenters. The summed E-state index contributed by atoms with van der Waals surface area (Å²) in [5.41, 5.74) is 4.58. The molecule has 22 heavy (non-hydrogen) atoms. The molecule has 5 nitrogen and oxygen atoms in total. The zero-order valence-electron chi connectivity index (χ0n) is 13.1. The van der Waals surface area contributed by atoms with E-state index in [9.17, 15) is 0 Å². The molecular weight excluding hydrogens is 274 g/mol. The highest BCUT2D eigenvalue weighted by atomic mass is 15.3. The van der Waals surface area contributed by atoms with Crippen LogP contribution in [0.25, 0.3) is 10.9 Å². The fourth-order valence-corrected chi connectivity index (χ4v) is 3.47. The van der Waals surface area contributed by atoms with E-state index in [2.05, 4.69) is 33.6 Å². The van der Waals surface area contributed by atoms with Gasteiger partial charge in [0.2, 0.25) is 0 Å². The largest absolute Gasteiger partial charge is 0.317 e. The van der Waals surface area contributed by atoms with Gasteiger partial charge in [-0.05, 0) is 51.1 Å². The van der Waals surface area contributed by atoms with E-state index in [1.165, 1.54) is 23.9 Å². The molecule has 1 fully saturated rings. The fourth-order valence-electron chi connectivity index (χ4n) is 3.47. The maximum Gasteiger partial charge on any atom is 0.154 e. The number of aliphatic imine (C=N–C) groups is 2. The smallest absolute Gasteiger partial charge is 0.154 e. The topological polar surface area (TPSA) is 54.6 Å². The zero-order chi connectivity index (χ0) is 15.1. The summed E-state index contributed by atoms with van der Waals surface area (Å²) in [6.45, 7) is 5.01. The minimum Gasteiger partial charge on any atom is -0.317 e. The molecule has 1 aromatic carbocycles. The number of aromatic nitrogens is 2. The second-order valence-electron chi connectivity index (χ2n) is 6.21. The molecule has 2 aromatic rings. The first-order chi connectivity index (χ1) is 10.7. The Morgan fingerprint density at radius 1 is 1.23 bits per heavy atom. The molecule has 1 N–H and O–H groups in total. The molecule has 0 aliphatic carbocycles. The van der Waals surface area contributed by atoms with Crippen molar-refractivity contribution in [2.45, 2.75) is 19.8 Å². The normalized spacial score (nSPS) is 19.5. The van der Waals surface area contributed by atoms with E-state index in [4.69, 9.17) is 4.99 Å². The summed E-state index contributed by atoms with van der Waals surface area (Å²) in [4.78, 5) is 9.51. The van der Waals surface area contributed by atoms with Crippen LogP contribution in [0.15, 0.2) is 28.2 Å². The van der Waals surface area contributed by atoms with Gasteiger partial charge < -0.3 is 5.32 Å². The zero-order valence-corrected chi connectivity index (χ0v) is 13.1. The number of amidine groups is 1. The monoisotopic (exact) mass is 295 g/mol. The van der Waals surface area contributed by atoms with Crippen molar-refractivity contribution in [3.63, 3.8) is 0 Å². The number of benzene rings is 1. The Morgan fingerprint density at radius 2 is 2.05 bits per heavy atom. The highest BCUT2D eigenvalue weighted by Crippen LogP contribution is 2.23. The molecule has 4 rings (SSSR count). The number of nitrogens with one attached hydrogen (secondary N) is 1. The van der Waals surface area contributed by atoms with Crippen LogP contribution in [-0.4, -0.2) is 41.0 Å². The average molecular weight is 295 g/mol. The predicted octanol–water partition coefficient (Wildman–Crippen LogP) is 2.08. The summed E-state index contributed by atoms with van der Waals surface area (Å²) >= 11 is 0. The highest BCUT2D eigenvalue weighted by molar-refractivity contribution is 6.13. The number of hydrogen-bond donors (Lipinski definition) is 1. The van der Waals surface area contributed by atoms with Crippen molar-refractivity contribution in [1.82, 2.24) is 15.1 Å². The number of nitrogens with zero attached hydrogens (tertiary/aromatic N) is 4. The molecule has 5 heteroatoms. The lowest BCUT2D eigenvalue weighted by Gasteiger charge is -2.22. The van der Waals surface area contributed by atoms with E-state index < -0.39 is 0 Å². The van der Waals surface area contributed by atoms with Crippen LogP contribution in [0.4, 0.5) is 0 Å². The Kier molecular flexibility index (Phi) is 3.30. The molecule has 0 bridgehead atoms. The van der Waals surface area contributed by atoms with Gasteiger partial charge in [0.15, 0.2) is 5.84 Å². The first-order valence-corrected chi connectivity index (χ1v) is 7.99. The van der Waals surface area contributed by atoms with Crippen LogP contribution in [-0.2, 0) is 7.05 Å². The van der Waals surface area contributed by atoms with Crippen LogP contribution in [0.3, 0.4) is 0 Å². The first kappa shape index (κ1) is 13.6. The number of hydrogen-bond acceptors (Lipinski definition) is 4. The number of piperidine rings is 1. The van der Waals surface area contributed by atoms with Crippen molar-refractivity contribution in [3.8, 4) is 0 Å². The van der Waals surface area contributed by atoms with Crippen LogP contribution in [0.1, 0.15) is 24.1 Å². The molecule has 0 amide bonds. The van der Waals surface area contributed by atoms with Crippen molar-refractivity contribution in [2.75, 3.05) is 19.6 Å². The Hall–Kier alpha value is -2.01. The number of aryl methyl sites for hydroxylation is 2. The van der Waals surface area contributed by atoms with Gasteiger partial charge in [-0.25, -0.2) is 4.99 Å². The van der Waals surface area contributed by atoms with Crippen LogP contribution >= 0.6 is 0 Å². The van der Waals surface area contributed by atoms with E-state index >= 15 is 0 Å². The minimum absolute atomic E-state index is 0.603. The molecule has 1 saturated heterocycles. The third-order valence-corrected chi connectivity index (χ3v) is 4.74. The van der Waals surface area contributed by atoms with Crippen LogP contribution in [0, 0.1) is 12.8 Å². The quantitative estimate of drug-likeness (QED) is 0.922. The lowest BCUT2D eigenvalue weighted by molar-refractivity contribution is 0.455. The molecule has 114 valence electrons. The molecule has 0 radical (unpaired) electrons. The highest BCUT2D eigenvalue weighted by Gasteiger charge is 2.23.